The third-order valence-electron chi connectivity index (χ3n) is 2.55. The molecule has 1 aromatic carbocycles. The zero-order valence-electron chi connectivity index (χ0n) is 9.56. The summed E-state index contributed by atoms with van der Waals surface area (Å²) in [6.45, 7) is 0. The highest BCUT2D eigenvalue weighted by Crippen LogP contribution is 2.18. The molecular formula is C13H11N5. The molecule has 0 bridgehead atoms. The van der Waals surface area contributed by atoms with Gasteiger partial charge in [0.15, 0.2) is 5.82 Å². The molecular weight excluding hydrogens is 226 g/mol. The van der Waals surface area contributed by atoms with E-state index in [9.17, 15) is 0 Å². The van der Waals surface area contributed by atoms with Crippen LogP contribution in [0.3, 0.4) is 0 Å². The van der Waals surface area contributed by atoms with E-state index in [4.69, 9.17) is 5.73 Å². The normalized spacial score (nSPS) is 10.4. The number of anilines is 1. The van der Waals surface area contributed by atoms with Crippen LogP contribution in [-0.2, 0) is 0 Å². The van der Waals surface area contributed by atoms with Crippen LogP contribution >= 0.6 is 0 Å². The zero-order valence-corrected chi connectivity index (χ0v) is 9.56. The van der Waals surface area contributed by atoms with Gasteiger partial charge in [-0.2, -0.15) is 5.10 Å². The van der Waals surface area contributed by atoms with E-state index in [1.54, 1.807) is 23.1 Å². The predicted molar refractivity (Wildman–Crippen MR) is 69.0 cm³/mol. The summed E-state index contributed by atoms with van der Waals surface area (Å²) in [4.78, 5) is 8.42. The van der Waals surface area contributed by atoms with Gasteiger partial charge in [-0.25, -0.2) is 14.6 Å². The van der Waals surface area contributed by atoms with E-state index in [-0.39, 0.29) is 0 Å². The van der Waals surface area contributed by atoms with Gasteiger partial charge in [-0.1, -0.05) is 18.2 Å². The number of nitrogens with two attached hydrogens (primary N) is 1. The maximum atomic E-state index is 5.67. The lowest BCUT2D eigenvalue weighted by Crippen LogP contribution is -2.02. The van der Waals surface area contributed by atoms with Crippen LogP contribution in [0.2, 0.25) is 0 Å². The van der Waals surface area contributed by atoms with Crippen LogP contribution in [0.5, 0.6) is 0 Å². The maximum Gasteiger partial charge on any atom is 0.180 e. The van der Waals surface area contributed by atoms with Crippen LogP contribution in [0, 0.1) is 0 Å². The minimum Gasteiger partial charge on any atom is -0.384 e. The van der Waals surface area contributed by atoms with Gasteiger partial charge in [-0.05, 0) is 24.3 Å². The molecule has 0 aliphatic rings. The molecule has 0 aliphatic heterocycles. The molecule has 0 unspecified atom stereocenters. The van der Waals surface area contributed by atoms with Crippen molar-refractivity contribution in [2.24, 2.45) is 0 Å². The minimum atomic E-state index is 0.445. The fraction of sp³-hybridized carbons (Fsp3) is 0. The molecule has 0 saturated heterocycles. The number of rotatable bonds is 2. The SMILES string of the molecule is Nc1ccnc(-c2ccnn2-c2ccccc2)n1. The Bertz CT molecular complexity index is 660. The fourth-order valence-electron chi connectivity index (χ4n) is 1.74. The van der Waals surface area contributed by atoms with Crippen LogP contribution in [0.15, 0.2) is 54.9 Å². The van der Waals surface area contributed by atoms with Crippen LogP contribution in [0.25, 0.3) is 17.2 Å². The maximum absolute atomic E-state index is 5.67. The van der Waals surface area contributed by atoms with Gasteiger partial charge in [0, 0.05) is 6.20 Å². The molecule has 0 radical (unpaired) electrons. The van der Waals surface area contributed by atoms with Gasteiger partial charge in [0.25, 0.3) is 0 Å². The zero-order chi connectivity index (χ0) is 12.4. The molecule has 0 amide bonds. The molecule has 0 spiro atoms. The molecule has 88 valence electrons. The van der Waals surface area contributed by atoms with Gasteiger partial charge in [0.1, 0.15) is 11.5 Å². The Kier molecular flexibility index (Phi) is 2.49. The average molecular weight is 237 g/mol. The van der Waals surface area contributed by atoms with E-state index in [2.05, 4.69) is 15.1 Å². The lowest BCUT2D eigenvalue weighted by molar-refractivity contribution is 0.878. The van der Waals surface area contributed by atoms with Gasteiger partial charge in [-0.15, -0.1) is 0 Å². The first kappa shape index (κ1) is 10.5. The second-order valence-electron chi connectivity index (χ2n) is 3.77. The predicted octanol–water partition coefficient (Wildman–Crippen LogP) is 1.91. The first-order valence-electron chi connectivity index (χ1n) is 5.53. The van der Waals surface area contributed by atoms with Crippen molar-refractivity contribution in [3.63, 3.8) is 0 Å². The van der Waals surface area contributed by atoms with E-state index in [1.165, 1.54) is 0 Å². The molecule has 5 heteroatoms. The molecule has 5 nitrogen and oxygen atoms in total. The third-order valence-corrected chi connectivity index (χ3v) is 2.55. The number of hydrogen-bond acceptors (Lipinski definition) is 4. The lowest BCUT2D eigenvalue weighted by atomic mass is 10.3. The van der Waals surface area contributed by atoms with Crippen LogP contribution in [-0.4, -0.2) is 19.7 Å². The van der Waals surface area contributed by atoms with Crippen LogP contribution in [0.4, 0.5) is 5.82 Å². The van der Waals surface area contributed by atoms with E-state index < -0.39 is 0 Å². The average Bonchev–Trinajstić information content (AvgIpc) is 2.89. The molecule has 0 fully saturated rings. The van der Waals surface area contributed by atoms with Crippen molar-refractivity contribution in [2.75, 3.05) is 5.73 Å². The lowest BCUT2D eigenvalue weighted by Gasteiger charge is -2.06. The first-order chi connectivity index (χ1) is 8.84. The standard InChI is InChI=1S/C13H11N5/c14-12-7-8-15-13(17-12)11-6-9-16-18(11)10-4-2-1-3-5-10/h1-9H,(H2,14,15,17). The molecule has 2 heterocycles. The van der Waals surface area contributed by atoms with Gasteiger partial charge in [-0.3, -0.25) is 0 Å². The van der Waals surface area contributed by atoms with Gasteiger partial charge in [0.05, 0.1) is 11.9 Å². The number of aromatic nitrogens is 4. The monoisotopic (exact) mass is 237 g/mol. The molecule has 3 rings (SSSR count). The molecule has 2 N–H and O–H groups in total. The van der Waals surface area contributed by atoms with Crippen molar-refractivity contribution < 1.29 is 0 Å². The second kappa shape index (κ2) is 4.29. The summed E-state index contributed by atoms with van der Waals surface area (Å²) in [5.41, 5.74) is 7.45. The summed E-state index contributed by atoms with van der Waals surface area (Å²) in [6, 6.07) is 13.4. The Labute approximate surface area is 104 Å². The second-order valence-corrected chi connectivity index (χ2v) is 3.77. The van der Waals surface area contributed by atoms with E-state index in [0.717, 1.165) is 11.4 Å². The van der Waals surface area contributed by atoms with Crippen LogP contribution in [0.1, 0.15) is 0 Å². The van der Waals surface area contributed by atoms with E-state index >= 15 is 0 Å². The van der Waals surface area contributed by atoms with Crippen LogP contribution < -0.4 is 5.73 Å². The first-order valence-corrected chi connectivity index (χ1v) is 5.53. The molecule has 0 atom stereocenters. The highest BCUT2D eigenvalue weighted by Gasteiger charge is 2.09. The van der Waals surface area contributed by atoms with Crippen molar-refractivity contribution in [1.29, 1.82) is 0 Å². The summed E-state index contributed by atoms with van der Waals surface area (Å²) in [7, 11) is 0. The minimum absolute atomic E-state index is 0.445. The highest BCUT2D eigenvalue weighted by molar-refractivity contribution is 5.55. The highest BCUT2D eigenvalue weighted by atomic mass is 15.3. The van der Waals surface area contributed by atoms with Crippen molar-refractivity contribution in [1.82, 2.24) is 19.7 Å². The molecule has 0 saturated carbocycles. The summed E-state index contributed by atoms with van der Waals surface area (Å²) in [5, 5.41) is 4.29. The molecule has 18 heavy (non-hydrogen) atoms. The van der Waals surface area contributed by atoms with E-state index in [1.807, 2.05) is 36.4 Å². The van der Waals surface area contributed by atoms with Crippen molar-refractivity contribution in [2.45, 2.75) is 0 Å². The fourth-order valence-corrected chi connectivity index (χ4v) is 1.74. The summed E-state index contributed by atoms with van der Waals surface area (Å²) < 4.78 is 1.79. The van der Waals surface area contributed by atoms with Gasteiger partial charge in [0.2, 0.25) is 0 Å². The number of nitrogen functional groups attached to an aromatic ring is 1. The van der Waals surface area contributed by atoms with Crippen molar-refractivity contribution >= 4 is 5.82 Å². The van der Waals surface area contributed by atoms with Gasteiger partial charge >= 0.3 is 0 Å². The number of benzene rings is 1. The Balaban J connectivity index is 2.13. The largest absolute Gasteiger partial charge is 0.384 e. The molecule has 0 aliphatic carbocycles. The third kappa shape index (κ3) is 1.82. The van der Waals surface area contributed by atoms with Gasteiger partial charge < -0.3 is 5.73 Å². The van der Waals surface area contributed by atoms with E-state index in [0.29, 0.717) is 11.6 Å². The number of nitrogens with zero attached hydrogens (tertiary/aromatic N) is 4. The quantitative estimate of drug-likeness (QED) is 0.739. The Morgan fingerprint density at radius 2 is 1.78 bits per heavy atom. The summed E-state index contributed by atoms with van der Waals surface area (Å²) in [5.74, 6) is 1.01. The summed E-state index contributed by atoms with van der Waals surface area (Å²) in [6.07, 6.45) is 3.36. The molecule has 3 aromatic rings. The Hall–Kier alpha value is -2.69. The Morgan fingerprint density at radius 3 is 2.56 bits per heavy atom. The topological polar surface area (TPSA) is 69.6 Å². The number of hydrogen-bond donors (Lipinski definition) is 1. The Morgan fingerprint density at radius 1 is 0.944 bits per heavy atom. The number of para-hydroxylation sites is 1. The smallest absolute Gasteiger partial charge is 0.180 e. The summed E-state index contributed by atoms with van der Waals surface area (Å²) >= 11 is 0. The molecule has 2 aromatic heterocycles. The van der Waals surface area contributed by atoms with Crippen molar-refractivity contribution in [3.8, 4) is 17.2 Å². The van der Waals surface area contributed by atoms with Crippen molar-refractivity contribution in [3.05, 3.63) is 54.9 Å².